The van der Waals surface area contributed by atoms with Gasteiger partial charge in [0.2, 0.25) is 10.0 Å². The molecule has 0 radical (unpaired) electrons. The van der Waals surface area contributed by atoms with Crippen LogP contribution in [-0.4, -0.2) is 58.1 Å². The molecular weight excluding hydrogens is 384 g/mol. The number of benzene rings is 2. The van der Waals surface area contributed by atoms with Gasteiger partial charge in [-0.15, -0.1) is 0 Å². The monoisotopic (exact) mass is 403 g/mol. The van der Waals surface area contributed by atoms with Gasteiger partial charge in [-0.1, -0.05) is 12.1 Å². The summed E-state index contributed by atoms with van der Waals surface area (Å²) in [6.45, 7) is 2.35. The maximum atomic E-state index is 13.0. The third kappa shape index (κ3) is 3.50. The van der Waals surface area contributed by atoms with E-state index in [-0.39, 0.29) is 10.5 Å². The van der Waals surface area contributed by atoms with Crippen molar-refractivity contribution >= 4 is 21.7 Å². The fraction of sp³-hybridized carbons (Fsp3) is 0.316. The fourth-order valence-corrected chi connectivity index (χ4v) is 4.79. The van der Waals surface area contributed by atoms with Crippen LogP contribution in [0.5, 0.6) is 11.5 Å². The van der Waals surface area contributed by atoms with Crippen LogP contribution in [0.3, 0.4) is 0 Å². The number of piperazine rings is 1. The molecule has 2 aliphatic heterocycles. The Labute approximate surface area is 162 Å². The van der Waals surface area contributed by atoms with E-state index in [0.29, 0.717) is 50.9 Å². The molecular formula is C19H19N2O6S-. The van der Waals surface area contributed by atoms with E-state index in [0.717, 1.165) is 5.69 Å². The highest BCUT2D eigenvalue weighted by atomic mass is 32.2. The van der Waals surface area contributed by atoms with E-state index in [9.17, 15) is 18.3 Å². The summed E-state index contributed by atoms with van der Waals surface area (Å²) >= 11 is 0. The highest BCUT2D eigenvalue weighted by Crippen LogP contribution is 2.33. The Morgan fingerprint density at radius 3 is 2.36 bits per heavy atom. The largest absolute Gasteiger partial charge is 0.545 e. The number of anilines is 1. The third-order valence-corrected chi connectivity index (χ3v) is 6.73. The maximum Gasteiger partial charge on any atom is 0.243 e. The zero-order chi connectivity index (χ0) is 19.7. The normalized spacial score (nSPS) is 17.4. The SMILES string of the molecule is O=C([O-])c1cccc(N2CCN(S(=O)(=O)c3ccc4c(c3)OCCO4)CC2)c1. The second kappa shape index (κ2) is 7.33. The summed E-state index contributed by atoms with van der Waals surface area (Å²) < 4.78 is 38.3. The van der Waals surface area contributed by atoms with Crippen LogP contribution in [-0.2, 0) is 10.0 Å². The quantitative estimate of drug-likeness (QED) is 0.725. The molecule has 1 fully saturated rings. The van der Waals surface area contributed by atoms with E-state index in [2.05, 4.69) is 0 Å². The predicted molar refractivity (Wildman–Crippen MR) is 99.2 cm³/mol. The van der Waals surface area contributed by atoms with Gasteiger partial charge in [-0.3, -0.25) is 0 Å². The Kier molecular flexibility index (Phi) is 4.86. The highest BCUT2D eigenvalue weighted by molar-refractivity contribution is 7.89. The van der Waals surface area contributed by atoms with E-state index < -0.39 is 16.0 Å². The Morgan fingerprint density at radius 1 is 0.929 bits per heavy atom. The molecule has 1 saturated heterocycles. The number of carboxylic acids is 1. The highest BCUT2D eigenvalue weighted by Gasteiger charge is 2.30. The molecule has 0 saturated carbocycles. The van der Waals surface area contributed by atoms with E-state index >= 15 is 0 Å². The lowest BCUT2D eigenvalue weighted by atomic mass is 10.2. The number of carbonyl (C=O) groups is 1. The molecule has 2 aliphatic rings. The van der Waals surface area contributed by atoms with Crippen LogP contribution in [0.1, 0.15) is 10.4 Å². The van der Waals surface area contributed by atoms with Gasteiger partial charge in [0, 0.05) is 37.9 Å². The van der Waals surface area contributed by atoms with Crippen molar-refractivity contribution in [1.82, 2.24) is 4.31 Å². The minimum atomic E-state index is -3.66. The summed E-state index contributed by atoms with van der Waals surface area (Å²) in [5.41, 5.74) is 0.835. The number of nitrogens with zero attached hydrogens (tertiary/aromatic N) is 2. The van der Waals surface area contributed by atoms with Gasteiger partial charge in [0.1, 0.15) is 13.2 Å². The first-order valence-corrected chi connectivity index (χ1v) is 10.4. The van der Waals surface area contributed by atoms with Gasteiger partial charge in [0.25, 0.3) is 0 Å². The summed E-state index contributed by atoms with van der Waals surface area (Å²) in [7, 11) is -3.66. The summed E-state index contributed by atoms with van der Waals surface area (Å²) in [6.07, 6.45) is 0. The first-order chi connectivity index (χ1) is 13.4. The molecule has 2 aromatic carbocycles. The van der Waals surface area contributed by atoms with Gasteiger partial charge < -0.3 is 24.3 Å². The Hall–Kier alpha value is -2.78. The average molecular weight is 403 g/mol. The molecule has 0 unspecified atom stereocenters. The maximum absolute atomic E-state index is 13.0. The molecule has 4 rings (SSSR count). The number of hydrogen-bond donors (Lipinski definition) is 0. The molecule has 8 nitrogen and oxygen atoms in total. The zero-order valence-corrected chi connectivity index (χ0v) is 15.9. The molecule has 0 aliphatic carbocycles. The number of rotatable bonds is 4. The second-order valence-corrected chi connectivity index (χ2v) is 8.47. The molecule has 0 aromatic heterocycles. The molecule has 2 aromatic rings. The third-order valence-electron chi connectivity index (χ3n) is 4.84. The van der Waals surface area contributed by atoms with Crippen molar-refractivity contribution in [2.75, 3.05) is 44.3 Å². The summed E-state index contributed by atoms with van der Waals surface area (Å²) in [5.74, 6) is -0.255. The fourth-order valence-electron chi connectivity index (χ4n) is 3.35. The number of carboxylic acid groups (broad SMARTS) is 1. The molecule has 9 heteroatoms. The lowest BCUT2D eigenvalue weighted by molar-refractivity contribution is -0.255. The van der Waals surface area contributed by atoms with Crippen molar-refractivity contribution in [2.24, 2.45) is 0 Å². The topological polar surface area (TPSA) is 99.2 Å². The predicted octanol–water partition coefficient (Wildman–Crippen LogP) is 0.332. The molecule has 148 valence electrons. The van der Waals surface area contributed by atoms with Gasteiger partial charge in [-0.2, -0.15) is 4.31 Å². The van der Waals surface area contributed by atoms with Crippen LogP contribution in [0, 0.1) is 0 Å². The van der Waals surface area contributed by atoms with E-state index in [1.165, 1.54) is 22.5 Å². The van der Waals surface area contributed by atoms with Crippen molar-refractivity contribution in [3.8, 4) is 11.5 Å². The van der Waals surface area contributed by atoms with Crippen molar-refractivity contribution < 1.29 is 27.8 Å². The Morgan fingerprint density at radius 2 is 1.64 bits per heavy atom. The zero-order valence-electron chi connectivity index (χ0n) is 15.0. The smallest absolute Gasteiger partial charge is 0.243 e. The van der Waals surface area contributed by atoms with Gasteiger partial charge >= 0.3 is 0 Å². The first kappa shape index (κ1) is 18.6. The number of sulfonamides is 1. The summed E-state index contributed by atoms with van der Waals surface area (Å²) in [5, 5.41) is 11.0. The van der Waals surface area contributed by atoms with Crippen LogP contribution < -0.4 is 19.5 Å². The van der Waals surface area contributed by atoms with Gasteiger partial charge in [-0.25, -0.2) is 8.42 Å². The lowest BCUT2D eigenvalue weighted by Crippen LogP contribution is -2.48. The number of aromatic carboxylic acids is 1. The average Bonchev–Trinajstić information content (AvgIpc) is 2.73. The number of fused-ring (bicyclic) bond motifs is 1. The molecule has 28 heavy (non-hydrogen) atoms. The molecule has 0 N–H and O–H groups in total. The molecule has 0 atom stereocenters. The number of carbonyl (C=O) groups excluding carboxylic acids is 1. The molecule has 0 amide bonds. The minimum absolute atomic E-state index is 0.101. The lowest BCUT2D eigenvalue weighted by Gasteiger charge is -2.35. The van der Waals surface area contributed by atoms with Gasteiger partial charge in [0.05, 0.1) is 10.9 Å². The van der Waals surface area contributed by atoms with Crippen molar-refractivity contribution in [3.63, 3.8) is 0 Å². The summed E-state index contributed by atoms with van der Waals surface area (Å²) in [4.78, 5) is 13.2. The van der Waals surface area contributed by atoms with E-state index in [4.69, 9.17) is 9.47 Å². The van der Waals surface area contributed by atoms with Crippen molar-refractivity contribution in [3.05, 3.63) is 48.0 Å². The van der Waals surface area contributed by atoms with E-state index in [1.807, 2.05) is 4.90 Å². The Balaban J connectivity index is 1.48. The van der Waals surface area contributed by atoms with Crippen LogP contribution >= 0.6 is 0 Å². The number of ether oxygens (including phenoxy) is 2. The molecule has 2 heterocycles. The minimum Gasteiger partial charge on any atom is -0.545 e. The van der Waals surface area contributed by atoms with Crippen molar-refractivity contribution in [2.45, 2.75) is 4.90 Å². The summed E-state index contributed by atoms with van der Waals surface area (Å²) in [6, 6.07) is 11.1. The van der Waals surface area contributed by atoms with Gasteiger partial charge in [-0.05, 0) is 29.8 Å². The van der Waals surface area contributed by atoms with Gasteiger partial charge in [0.15, 0.2) is 11.5 Å². The molecule has 0 spiro atoms. The van der Waals surface area contributed by atoms with Crippen LogP contribution in [0.15, 0.2) is 47.4 Å². The van der Waals surface area contributed by atoms with E-state index in [1.54, 1.807) is 24.3 Å². The first-order valence-electron chi connectivity index (χ1n) is 8.91. The Bertz CT molecular complexity index is 999. The van der Waals surface area contributed by atoms with Crippen LogP contribution in [0.25, 0.3) is 0 Å². The van der Waals surface area contributed by atoms with Crippen LogP contribution in [0.4, 0.5) is 5.69 Å². The standard InChI is InChI=1S/C19H20N2O6S/c22-19(23)14-2-1-3-15(12-14)20-6-8-21(9-7-20)28(24,25)16-4-5-17-18(13-16)27-11-10-26-17/h1-5,12-13H,6-11H2,(H,22,23)/p-1. The number of hydrogen-bond acceptors (Lipinski definition) is 7. The van der Waals surface area contributed by atoms with Crippen LogP contribution in [0.2, 0.25) is 0 Å². The molecule has 0 bridgehead atoms. The van der Waals surface area contributed by atoms with Crippen molar-refractivity contribution in [1.29, 1.82) is 0 Å². The second-order valence-electron chi connectivity index (χ2n) is 6.53.